The van der Waals surface area contributed by atoms with Crippen molar-refractivity contribution in [1.82, 2.24) is 0 Å². The van der Waals surface area contributed by atoms with E-state index in [9.17, 15) is 4.79 Å². The Morgan fingerprint density at radius 2 is 1.75 bits per heavy atom. The Bertz CT molecular complexity index is 320. The number of carbonyl (C=O) groups is 1. The summed E-state index contributed by atoms with van der Waals surface area (Å²) in [4.78, 5) is 13.9. The molecule has 0 saturated carbocycles. The van der Waals surface area contributed by atoms with E-state index >= 15 is 0 Å². The molecule has 90 valence electrons. The van der Waals surface area contributed by atoms with Crippen LogP contribution in [0.1, 0.15) is 37.4 Å². The number of nitrogens with zero attached hydrogens (tertiary/aromatic N) is 1. The number of hydrogen-bond acceptors (Lipinski definition) is 3. The first kappa shape index (κ1) is 13.2. The second kappa shape index (κ2) is 6.04. The van der Waals surface area contributed by atoms with Gasteiger partial charge in [-0.2, -0.15) is 0 Å². The predicted octanol–water partition coefficient (Wildman–Crippen LogP) is 3.68. The van der Waals surface area contributed by atoms with Crippen molar-refractivity contribution in [2.45, 2.75) is 27.7 Å². The van der Waals surface area contributed by atoms with Crippen LogP contribution in [0.4, 0.5) is 5.00 Å². The van der Waals surface area contributed by atoms with Gasteiger partial charge in [-0.05, 0) is 24.0 Å². The van der Waals surface area contributed by atoms with Crippen LogP contribution in [0.2, 0.25) is 0 Å². The number of carbonyl (C=O) groups excluding carboxylic acids is 1. The van der Waals surface area contributed by atoms with E-state index in [1.165, 1.54) is 5.00 Å². The molecule has 1 aromatic heterocycles. The van der Waals surface area contributed by atoms with E-state index in [1.807, 2.05) is 6.07 Å². The van der Waals surface area contributed by atoms with E-state index in [2.05, 4.69) is 38.7 Å². The van der Waals surface area contributed by atoms with Crippen LogP contribution in [-0.2, 0) is 0 Å². The minimum atomic E-state index is 0.639. The summed E-state index contributed by atoms with van der Waals surface area (Å²) in [6.45, 7) is 11.0. The zero-order valence-corrected chi connectivity index (χ0v) is 11.4. The van der Waals surface area contributed by atoms with Gasteiger partial charge in [-0.1, -0.05) is 27.7 Å². The van der Waals surface area contributed by atoms with E-state index in [4.69, 9.17) is 0 Å². The summed E-state index contributed by atoms with van der Waals surface area (Å²) < 4.78 is 0. The molecule has 2 nitrogen and oxygen atoms in total. The average molecular weight is 239 g/mol. The molecule has 0 aliphatic carbocycles. The van der Waals surface area contributed by atoms with Gasteiger partial charge in [0.2, 0.25) is 0 Å². The van der Waals surface area contributed by atoms with E-state index in [1.54, 1.807) is 11.3 Å². The number of aldehydes is 1. The maximum absolute atomic E-state index is 10.7. The molecule has 0 radical (unpaired) electrons. The molecule has 0 fully saturated rings. The minimum absolute atomic E-state index is 0.639. The van der Waals surface area contributed by atoms with Crippen molar-refractivity contribution >= 4 is 22.6 Å². The Kier molecular flexibility index (Phi) is 5.00. The van der Waals surface area contributed by atoms with Crippen LogP contribution in [0.3, 0.4) is 0 Å². The molecule has 1 heterocycles. The van der Waals surface area contributed by atoms with Crippen LogP contribution in [0.5, 0.6) is 0 Å². The predicted molar refractivity (Wildman–Crippen MR) is 71.6 cm³/mol. The number of hydrogen-bond donors (Lipinski definition) is 0. The zero-order chi connectivity index (χ0) is 12.1. The van der Waals surface area contributed by atoms with Crippen LogP contribution in [0.25, 0.3) is 0 Å². The molecule has 1 aromatic rings. The molecule has 3 heteroatoms. The topological polar surface area (TPSA) is 20.3 Å². The highest BCUT2D eigenvalue weighted by atomic mass is 32.1. The molecule has 0 aliphatic rings. The van der Waals surface area contributed by atoms with Crippen molar-refractivity contribution in [2.24, 2.45) is 11.8 Å². The van der Waals surface area contributed by atoms with Crippen molar-refractivity contribution in [2.75, 3.05) is 18.0 Å². The van der Waals surface area contributed by atoms with Gasteiger partial charge in [0, 0.05) is 13.1 Å². The third-order valence-corrected chi connectivity index (χ3v) is 3.28. The molecule has 0 N–H and O–H groups in total. The summed E-state index contributed by atoms with van der Waals surface area (Å²) in [6.07, 6.45) is 0.928. The maximum atomic E-state index is 10.7. The summed E-state index contributed by atoms with van der Waals surface area (Å²) in [6, 6.07) is 3.96. The Morgan fingerprint density at radius 1 is 1.19 bits per heavy atom. The van der Waals surface area contributed by atoms with Gasteiger partial charge in [-0.3, -0.25) is 4.79 Å². The lowest BCUT2D eigenvalue weighted by Gasteiger charge is -2.26. The van der Waals surface area contributed by atoms with Crippen molar-refractivity contribution in [3.63, 3.8) is 0 Å². The highest BCUT2D eigenvalue weighted by molar-refractivity contribution is 7.17. The highest BCUT2D eigenvalue weighted by Gasteiger charge is 2.12. The van der Waals surface area contributed by atoms with Crippen LogP contribution >= 0.6 is 11.3 Å². The summed E-state index contributed by atoms with van der Waals surface area (Å²) in [5.74, 6) is 1.28. The summed E-state index contributed by atoms with van der Waals surface area (Å²) in [5.41, 5.74) is 0. The molecule has 0 spiro atoms. The standard InChI is InChI=1S/C13H21NOS/c1-10(2)7-14(8-11(3)4)13-6-5-12(9-15)16-13/h5-6,9-11H,7-8H2,1-4H3. The Labute approximate surface area is 102 Å². The van der Waals surface area contributed by atoms with E-state index < -0.39 is 0 Å². The van der Waals surface area contributed by atoms with Crippen molar-refractivity contribution < 1.29 is 4.79 Å². The highest BCUT2D eigenvalue weighted by Crippen LogP contribution is 2.26. The van der Waals surface area contributed by atoms with Crippen molar-refractivity contribution in [1.29, 1.82) is 0 Å². The van der Waals surface area contributed by atoms with E-state index in [0.29, 0.717) is 11.8 Å². The normalized spacial score (nSPS) is 11.1. The van der Waals surface area contributed by atoms with Crippen molar-refractivity contribution in [3.8, 4) is 0 Å². The van der Waals surface area contributed by atoms with Gasteiger partial charge in [-0.25, -0.2) is 0 Å². The molecular formula is C13H21NOS. The van der Waals surface area contributed by atoms with Gasteiger partial charge in [0.25, 0.3) is 0 Å². The molecule has 0 saturated heterocycles. The van der Waals surface area contributed by atoms with Crippen LogP contribution < -0.4 is 4.90 Å². The lowest BCUT2D eigenvalue weighted by atomic mass is 10.1. The lowest BCUT2D eigenvalue weighted by Crippen LogP contribution is -2.30. The first-order chi connectivity index (χ1) is 7.52. The van der Waals surface area contributed by atoms with Gasteiger partial charge < -0.3 is 4.90 Å². The van der Waals surface area contributed by atoms with Gasteiger partial charge in [0.1, 0.15) is 0 Å². The lowest BCUT2D eigenvalue weighted by molar-refractivity contribution is 0.112. The van der Waals surface area contributed by atoms with Crippen LogP contribution in [0, 0.1) is 11.8 Å². The molecule has 0 aliphatic heterocycles. The van der Waals surface area contributed by atoms with E-state index in [0.717, 1.165) is 24.3 Å². The summed E-state index contributed by atoms with van der Waals surface area (Å²) >= 11 is 1.58. The van der Waals surface area contributed by atoms with Gasteiger partial charge in [0.05, 0.1) is 9.88 Å². The Hall–Kier alpha value is -0.830. The zero-order valence-electron chi connectivity index (χ0n) is 10.6. The number of anilines is 1. The Balaban J connectivity index is 2.77. The molecule has 0 aromatic carbocycles. The van der Waals surface area contributed by atoms with Gasteiger partial charge in [0.15, 0.2) is 6.29 Å². The Morgan fingerprint density at radius 3 is 2.12 bits per heavy atom. The van der Waals surface area contributed by atoms with Crippen molar-refractivity contribution in [3.05, 3.63) is 17.0 Å². The molecule has 0 amide bonds. The van der Waals surface area contributed by atoms with Crippen LogP contribution in [-0.4, -0.2) is 19.4 Å². The molecule has 0 unspecified atom stereocenters. The fraction of sp³-hybridized carbons (Fsp3) is 0.615. The second-order valence-electron chi connectivity index (χ2n) is 4.99. The molecule has 0 atom stereocenters. The van der Waals surface area contributed by atoms with Gasteiger partial charge in [-0.15, -0.1) is 11.3 Å². The largest absolute Gasteiger partial charge is 0.363 e. The van der Waals surface area contributed by atoms with E-state index in [-0.39, 0.29) is 0 Å². The summed E-state index contributed by atoms with van der Waals surface area (Å²) in [7, 11) is 0. The fourth-order valence-electron chi connectivity index (χ4n) is 1.71. The smallest absolute Gasteiger partial charge is 0.160 e. The third kappa shape index (κ3) is 3.97. The maximum Gasteiger partial charge on any atom is 0.160 e. The SMILES string of the molecule is CC(C)CN(CC(C)C)c1ccc(C=O)s1. The molecular weight excluding hydrogens is 218 g/mol. The third-order valence-electron chi connectivity index (χ3n) is 2.21. The molecule has 1 rings (SSSR count). The second-order valence-corrected chi connectivity index (χ2v) is 6.08. The number of rotatable bonds is 6. The van der Waals surface area contributed by atoms with Gasteiger partial charge >= 0.3 is 0 Å². The molecule has 16 heavy (non-hydrogen) atoms. The summed E-state index contributed by atoms with van der Waals surface area (Å²) in [5, 5.41) is 1.21. The first-order valence-electron chi connectivity index (χ1n) is 5.83. The fourth-order valence-corrected chi connectivity index (χ4v) is 2.55. The first-order valence-corrected chi connectivity index (χ1v) is 6.64. The quantitative estimate of drug-likeness (QED) is 0.706. The minimum Gasteiger partial charge on any atom is -0.363 e. The average Bonchev–Trinajstić information content (AvgIpc) is 2.63. The number of thiophene rings is 1. The van der Waals surface area contributed by atoms with Crippen LogP contribution in [0.15, 0.2) is 12.1 Å². The monoisotopic (exact) mass is 239 g/mol. The molecule has 0 bridgehead atoms.